The highest BCUT2D eigenvalue weighted by atomic mass is 16.5. The summed E-state index contributed by atoms with van der Waals surface area (Å²) in [7, 11) is 0. The van der Waals surface area contributed by atoms with Gasteiger partial charge < -0.3 is 14.9 Å². The maximum absolute atomic E-state index is 10.9. The molecule has 1 radical (unpaired) electrons. The standard InChI is InChI=1S/C27H31O3/c1-5-27(29,6-2)23-13-14-24(19(3)15-23)25-11-8-12-26(20(25)4)30-18-22-10-7-9-21(16-22)17-28/h7-8,10-16,28-29H,5-6,17-18H2,1-4H3. The lowest BCUT2D eigenvalue weighted by Gasteiger charge is -2.27. The summed E-state index contributed by atoms with van der Waals surface area (Å²) in [6, 6.07) is 21.0. The zero-order chi connectivity index (χ0) is 21.7. The number of hydrogen-bond donors (Lipinski definition) is 2. The van der Waals surface area contributed by atoms with E-state index >= 15 is 0 Å². The molecule has 0 aliphatic rings. The minimum absolute atomic E-state index is 0.0250. The lowest BCUT2D eigenvalue weighted by atomic mass is 9.85. The van der Waals surface area contributed by atoms with Crippen molar-refractivity contribution in [3.8, 4) is 16.9 Å². The predicted octanol–water partition coefficient (Wildman–Crippen LogP) is 5.85. The van der Waals surface area contributed by atoms with Crippen LogP contribution in [0.5, 0.6) is 5.75 Å². The Balaban J connectivity index is 1.87. The van der Waals surface area contributed by atoms with E-state index < -0.39 is 5.60 Å². The first-order valence-corrected chi connectivity index (χ1v) is 10.6. The first-order chi connectivity index (χ1) is 14.4. The van der Waals surface area contributed by atoms with E-state index in [0.29, 0.717) is 19.4 Å². The number of benzene rings is 3. The molecule has 0 saturated heterocycles. The van der Waals surface area contributed by atoms with E-state index in [4.69, 9.17) is 4.74 Å². The Kier molecular flexibility index (Phi) is 6.96. The van der Waals surface area contributed by atoms with Crippen molar-refractivity contribution >= 4 is 0 Å². The normalized spacial score (nSPS) is 11.5. The maximum Gasteiger partial charge on any atom is 0.123 e. The molecule has 0 bridgehead atoms. The summed E-state index contributed by atoms with van der Waals surface area (Å²) in [4.78, 5) is 0. The lowest BCUT2D eigenvalue weighted by Crippen LogP contribution is -2.23. The van der Waals surface area contributed by atoms with Crippen LogP contribution in [0.3, 0.4) is 0 Å². The summed E-state index contributed by atoms with van der Waals surface area (Å²) in [5.41, 5.74) is 6.46. The monoisotopic (exact) mass is 403 g/mol. The zero-order valence-corrected chi connectivity index (χ0v) is 18.3. The summed E-state index contributed by atoms with van der Waals surface area (Å²) in [6.07, 6.45) is 1.39. The fourth-order valence-electron chi connectivity index (χ4n) is 3.89. The van der Waals surface area contributed by atoms with Gasteiger partial charge in [0.05, 0.1) is 12.2 Å². The van der Waals surface area contributed by atoms with E-state index in [2.05, 4.69) is 38.1 Å². The summed E-state index contributed by atoms with van der Waals surface area (Å²) in [6.45, 7) is 8.61. The van der Waals surface area contributed by atoms with Gasteiger partial charge in [0, 0.05) is 0 Å². The van der Waals surface area contributed by atoms with Crippen molar-refractivity contribution in [1.82, 2.24) is 0 Å². The van der Waals surface area contributed by atoms with Crippen molar-refractivity contribution in [2.24, 2.45) is 0 Å². The van der Waals surface area contributed by atoms with Gasteiger partial charge in [0.2, 0.25) is 0 Å². The number of aryl methyl sites for hydroxylation is 1. The molecule has 3 aromatic rings. The van der Waals surface area contributed by atoms with Gasteiger partial charge in [0.15, 0.2) is 0 Å². The third kappa shape index (κ3) is 4.58. The molecule has 3 heteroatoms. The maximum atomic E-state index is 10.9. The van der Waals surface area contributed by atoms with Crippen LogP contribution in [0.25, 0.3) is 11.1 Å². The van der Waals surface area contributed by atoms with Crippen molar-refractivity contribution in [2.75, 3.05) is 0 Å². The highest BCUT2D eigenvalue weighted by molar-refractivity contribution is 5.73. The Morgan fingerprint density at radius 3 is 2.40 bits per heavy atom. The van der Waals surface area contributed by atoms with E-state index in [0.717, 1.165) is 44.7 Å². The molecule has 3 aromatic carbocycles. The predicted molar refractivity (Wildman–Crippen MR) is 121 cm³/mol. The number of rotatable bonds is 8. The number of aliphatic hydroxyl groups is 2. The molecular weight excluding hydrogens is 372 g/mol. The second-order valence-corrected chi connectivity index (χ2v) is 7.87. The smallest absolute Gasteiger partial charge is 0.123 e. The second-order valence-electron chi connectivity index (χ2n) is 7.87. The van der Waals surface area contributed by atoms with E-state index in [1.165, 1.54) is 0 Å². The van der Waals surface area contributed by atoms with E-state index in [-0.39, 0.29) is 6.61 Å². The van der Waals surface area contributed by atoms with Crippen LogP contribution in [0.1, 0.15) is 54.5 Å². The summed E-state index contributed by atoms with van der Waals surface area (Å²) < 4.78 is 6.10. The molecule has 0 heterocycles. The van der Waals surface area contributed by atoms with Gasteiger partial charge in [-0.25, -0.2) is 0 Å². The molecule has 0 aliphatic carbocycles. The first kappa shape index (κ1) is 22.1. The molecular formula is C27H31O3. The van der Waals surface area contributed by atoms with Gasteiger partial charge in [0.25, 0.3) is 0 Å². The van der Waals surface area contributed by atoms with Crippen molar-refractivity contribution in [2.45, 2.75) is 59.4 Å². The van der Waals surface area contributed by atoms with Crippen molar-refractivity contribution in [3.63, 3.8) is 0 Å². The second kappa shape index (κ2) is 9.46. The van der Waals surface area contributed by atoms with Gasteiger partial charge in [0.1, 0.15) is 12.4 Å². The van der Waals surface area contributed by atoms with Crippen LogP contribution in [-0.4, -0.2) is 10.2 Å². The van der Waals surface area contributed by atoms with Gasteiger partial charge in [-0.3, -0.25) is 0 Å². The van der Waals surface area contributed by atoms with Gasteiger partial charge in [-0.1, -0.05) is 56.3 Å². The molecule has 2 N–H and O–H groups in total. The van der Waals surface area contributed by atoms with Crippen LogP contribution in [-0.2, 0) is 18.8 Å². The van der Waals surface area contributed by atoms with Crippen molar-refractivity contribution in [1.29, 1.82) is 0 Å². The van der Waals surface area contributed by atoms with Crippen molar-refractivity contribution in [3.05, 3.63) is 88.5 Å². The average molecular weight is 404 g/mol. The van der Waals surface area contributed by atoms with Crippen molar-refractivity contribution < 1.29 is 14.9 Å². The van der Waals surface area contributed by atoms with Gasteiger partial charge in [-0.15, -0.1) is 0 Å². The van der Waals surface area contributed by atoms with E-state index in [9.17, 15) is 10.2 Å². The zero-order valence-electron chi connectivity index (χ0n) is 18.3. The Labute approximate surface area is 180 Å². The molecule has 30 heavy (non-hydrogen) atoms. The Hall–Kier alpha value is -2.62. The third-order valence-electron chi connectivity index (χ3n) is 6.00. The fourth-order valence-corrected chi connectivity index (χ4v) is 3.89. The molecule has 157 valence electrons. The molecule has 0 unspecified atom stereocenters. The number of ether oxygens (including phenoxy) is 1. The average Bonchev–Trinajstić information content (AvgIpc) is 2.78. The Bertz CT molecular complexity index is 1000. The van der Waals surface area contributed by atoms with Gasteiger partial charge in [-0.05, 0) is 83.8 Å². The largest absolute Gasteiger partial charge is 0.489 e. The van der Waals surface area contributed by atoms with Crippen LogP contribution < -0.4 is 4.74 Å². The highest BCUT2D eigenvalue weighted by Crippen LogP contribution is 2.36. The number of hydrogen-bond acceptors (Lipinski definition) is 3. The summed E-state index contributed by atoms with van der Waals surface area (Å²) in [5.74, 6) is 0.841. The van der Waals surface area contributed by atoms with Crippen LogP contribution in [0.15, 0.2) is 54.6 Å². The molecule has 0 spiro atoms. The molecule has 0 fully saturated rings. The lowest BCUT2D eigenvalue weighted by molar-refractivity contribution is 0.0283. The van der Waals surface area contributed by atoms with Gasteiger partial charge >= 0.3 is 0 Å². The first-order valence-electron chi connectivity index (χ1n) is 10.6. The summed E-state index contributed by atoms with van der Waals surface area (Å²) >= 11 is 0. The minimum atomic E-state index is -0.774. The molecule has 0 amide bonds. The van der Waals surface area contributed by atoms with Crippen LogP contribution in [0.4, 0.5) is 0 Å². The highest BCUT2D eigenvalue weighted by Gasteiger charge is 2.25. The molecule has 3 nitrogen and oxygen atoms in total. The Morgan fingerprint density at radius 2 is 1.73 bits per heavy atom. The van der Waals surface area contributed by atoms with Gasteiger partial charge in [-0.2, -0.15) is 0 Å². The van der Waals surface area contributed by atoms with Crippen LogP contribution >= 0.6 is 0 Å². The minimum Gasteiger partial charge on any atom is -0.489 e. The van der Waals surface area contributed by atoms with Crippen LogP contribution in [0, 0.1) is 19.9 Å². The number of aliphatic hydroxyl groups excluding tert-OH is 1. The quantitative estimate of drug-likeness (QED) is 0.496. The molecule has 0 aromatic heterocycles. The molecule has 0 atom stereocenters. The SMILES string of the molecule is CCC(O)(CC)c1ccc(-c2cccc(OCc3cc[c]c(CO)c3)c2C)c(C)c1. The topological polar surface area (TPSA) is 49.7 Å². The molecule has 0 aliphatic heterocycles. The molecule has 3 rings (SSSR count). The third-order valence-corrected chi connectivity index (χ3v) is 6.00. The Morgan fingerprint density at radius 1 is 0.967 bits per heavy atom. The van der Waals surface area contributed by atoms with E-state index in [1.807, 2.05) is 50.2 Å². The fraction of sp³-hybridized carbons (Fsp3) is 0.333. The molecule has 0 saturated carbocycles. The summed E-state index contributed by atoms with van der Waals surface area (Å²) in [5, 5.41) is 20.2. The van der Waals surface area contributed by atoms with E-state index in [1.54, 1.807) is 0 Å². The van der Waals surface area contributed by atoms with Crippen LogP contribution in [0.2, 0.25) is 0 Å².